The van der Waals surface area contributed by atoms with Crippen molar-refractivity contribution in [2.45, 2.75) is 45.2 Å². The molecule has 2 fully saturated rings. The topological polar surface area (TPSA) is 114 Å². The first kappa shape index (κ1) is 21.3. The van der Waals surface area contributed by atoms with E-state index in [0.717, 1.165) is 5.56 Å². The highest BCUT2D eigenvalue weighted by molar-refractivity contribution is 6.07. The standard InChI is InChI=1S/C23H26N4O6/c1-3-23(16-6-8-26(9-7-16)20(28)17-10-14(2)33-25-17)21(29)27(22(30)24-23)12-15-4-5-18-19(11-15)32-13-31-18/h4-5,10-11,16H,3,6-9,12-13H2,1-2H3,(H,24,30). The smallest absolute Gasteiger partial charge is 0.325 e. The molecule has 1 N–H and O–H groups in total. The van der Waals surface area contributed by atoms with Gasteiger partial charge in [0.25, 0.3) is 11.8 Å². The lowest BCUT2D eigenvalue weighted by atomic mass is 9.75. The minimum atomic E-state index is -0.965. The summed E-state index contributed by atoms with van der Waals surface area (Å²) in [5, 5.41) is 6.80. The van der Waals surface area contributed by atoms with Gasteiger partial charge in [-0.2, -0.15) is 0 Å². The molecule has 0 bridgehead atoms. The molecule has 0 radical (unpaired) electrons. The van der Waals surface area contributed by atoms with Crippen LogP contribution in [0.25, 0.3) is 0 Å². The molecule has 1 atom stereocenters. The molecule has 1 aromatic heterocycles. The molecule has 1 aromatic carbocycles. The second kappa shape index (κ2) is 8.09. The third-order valence-corrected chi connectivity index (χ3v) is 6.86. The molecule has 3 aliphatic heterocycles. The van der Waals surface area contributed by atoms with Gasteiger partial charge in [0.05, 0.1) is 6.54 Å². The van der Waals surface area contributed by atoms with E-state index in [2.05, 4.69) is 10.5 Å². The molecule has 10 heteroatoms. The molecule has 33 heavy (non-hydrogen) atoms. The average molecular weight is 454 g/mol. The van der Waals surface area contributed by atoms with Crippen LogP contribution in [0.3, 0.4) is 0 Å². The quantitative estimate of drug-likeness (QED) is 0.690. The van der Waals surface area contributed by atoms with E-state index in [-0.39, 0.29) is 36.8 Å². The number of urea groups is 1. The highest BCUT2D eigenvalue weighted by Crippen LogP contribution is 2.38. The molecule has 174 valence electrons. The van der Waals surface area contributed by atoms with Crippen LogP contribution in [0.5, 0.6) is 11.5 Å². The molecule has 2 saturated heterocycles. The van der Waals surface area contributed by atoms with Crippen LogP contribution in [0, 0.1) is 12.8 Å². The minimum Gasteiger partial charge on any atom is -0.454 e. The Kier molecular flexibility index (Phi) is 5.22. The second-order valence-corrected chi connectivity index (χ2v) is 8.72. The first-order valence-corrected chi connectivity index (χ1v) is 11.2. The molecule has 5 rings (SSSR count). The Bertz CT molecular complexity index is 1110. The van der Waals surface area contributed by atoms with Crippen LogP contribution >= 0.6 is 0 Å². The third kappa shape index (κ3) is 3.59. The number of amides is 4. The number of ether oxygens (including phenoxy) is 2. The lowest BCUT2D eigenvalue weighted by Gasteiger charge is -2.40. The van der Waals surface area contributed by atoms with Crippen molar-refractivity contribution < 1.29 is 28.4 Å². The zero-order chi connectivity index (χ0) is 23.2. The van der Waals surface area contributed by atoms with Crippen molar-refractivity contribution in [2.24, 2.45) is 5.92 Å². The van der Waals surface area contributed by atoms with E-state index < -0.39 is 11.6 Å². The molecule has 0 saturated carbocycles. The summed E-state index contributed by atoms with van der Waals surface area (Å²) in [5.74, 6) is 1.39. The number of hydrogen-bond acceptors (Lipinski definition) is 7. The molecule has 3 aliphatic rings. The fourth-order valence-corrected chi connectivity index (χ4v) is 5.02. The van der Waals surface area contributed by atoms with E-state index in [9.17, 15) is 14.4 Å². The summed E-state index contributed by atoms with van der Waals surface area (Å²) in [6.07, 6.45) is 1.71. The maximum Gasteiger partial charge on any atom is 0.325 e. The van der Waals surface area contributed by atoms with Gasteiger partial charge in [-0.1, -0.05) is 18.1 Å². The molecule has 4 amide bonds. The first-order valence-electron chi connectivity index (χ1n) is 11.2. The molecule has 1 unspecified atom stereocenters. The van der Waals surface area contributed by atoms with Crippen molar-refractivity contribution in [3.63, 3.8) is 0 Å². The molecule has 4 heterocycles. The van der Waals surface area contributed by atoms with E-state index >= 15 is 0 Å². The Morgan fingerprint density at radius 3 is 2.64 bits per heavy atom. The summed E-state index contributed by atoms with van der Waals surface area (Å²) < 4.78 is 15.8. The summed E-state index contributed by atoms with van der Waals surface area (Å²) in [5.41, 5.74) is 0.113. The van der Waals surface area contributed by atoms with Crippen LogP contribution in [0.1, 0.15) is 48.0 Å². The van der Waals surface area contributed by atoms with Gasteiger partial charge in [0.1, 0.15) is 11.3 Å². The van der Waals surface area contributed by atoms with Crippen LogP contribution in [0.15, 0.2) is 28.8 Å². The van der Waals surface area contributed by atoms with Gasteiger partial charge in [0.2, 0.25) is 6.79 Å². The number of nitrogens with one attached hydrogen (secondary N) is 1. The van der Waals surface area contributed by atoms with Crippen LogP contribution in [0.4, 0.5) is 4.79 Å². The van der Waals surface area contributed by atoms with Crippen LogP contribution in [-0.4, -0.2) is 58.2 Å². The van der Waals surface area contributed by atoms with Gasteiger partial charge in [-0.05, 0) is 49.8 Å². The number of benzene rings is 1. The van der Waals surface area contributed by atoms with Crippen molar-refractivity contribution in [3.05, 3.63) is 41.3 Å². The van der Waals surface area contributed by atoms with E-state index in [1.807, 2.05) is 13.0 Å². The molecule has 10 nitrogen and oxygen atoms in total. The molecule has 0 aliphatic carbocycles. The second-order valence-electron chi connectivity index (χ2n) is 8.72. The highest BCUT2D eigenvalue weighted by atomic mass is 16.7. The van der Waals surface area contributed by atoms with Gasteiger partial charge in [-0.25, -0.2) is 4.79 Å². The zero-order valence-electron chi connectivity index (χ0n) is 18.6. The van der Waals surface area contributed by atoms with Crippen molar-refractivity contribution in [2.75, 3.05) is 19.9 Å². The average Bonchev–Trinajstić information content (AvgIpc) is 3.53. The zero-order valence-corrected chi connectivity index (χ0v) is 18.6. The van der Waals surface area contributed by atoms with Gasteiger partial charge in [0, 0.05) is 19.2 Å². The van der Waals surface area contributed by atoms with Gasteiger partial charge in [0.15, 0.2) is 17.2 Å². The Labute approximate surface area is 190 Å². The van der Waals surface area contributed by atoms with E-state index in [4.69, 9.17) is 14.0 Å². The van der Waals surface area contributed by atoms with Crippen LogP contribution < -0.4 is 14.8 Å². The predicted molar refractivity (Wildman–Crippen MR) is 115 cm³/mol. The largest absolute Gasteiger partial charge is 0.454 e. The maximum absolute atomic E-state index is 13.5. The van der Waals surface area contributed by atoms with Crippen molar-refractivity contribution >= 4 is 17.8 Å². The first-order chi connectivity index (χ1) is 15.9. The summed E-state index contributed by atoms with van der Waals surface area (Å²) >= 11 is 0. The number of fused-ring (bicyclic) bond motifs is 1. The number of carbonyl (C=O) groups is 3. The lowest BCUT2D eigenvalue weighted by molar-refractivity contribution is -0.134. The van der Waals surface area contributed by atoms with Gasteiger partial charge >= 0.3 is 6.03 Å². The number of rotatable bonds is 5. The van der Waals surface area contributed by atoms with Crippen molar-refractivity contribution in [3.8, 4) is 11.5 Å². The van der Waals surface area contributed by atoms with Crippen molar-refractivity contribution in [1.82, 2.24) is 20.3 Å². The number of carbonyl (C=O) groups excluding carboxylic acids is 3. The van der Waals surface area contributed by atoms with Crippen LogP contribution in [0.2, 0.25) is 0 Å². The van der Waals surface area contributed by atoms with E-state index in [1.165, 1.54) is 4.90 Å². The number of aryl methyl sites for hydroxylation is 1. The van der Waals surface area contributed by atoms with Gasteiger partial charge in [-0.15, -0.1) is 0 Å². The summed E-state index contributed by atoms with van der Waals surface area (Å²) in [4.78, 5) is 42.1. The maximum atomic E-state index is 13.5. The lowest BCUT2D eigenvalue weighted by Crippen LogP contribution is -2.56. The number of hydrogen-bond donors (Lipinski definition) is 1. The van der Waals surface area contributed by atoms with Crippen molar-refractivity contribution in [1.29, 1.82) is 0 Å². The molecular formula is C23H26N4O6. The number of imide groups is 1. The fourth-order valence-electron chi connectivity index (χ4n) is 5.02. The van der Waals surface area contributed by atoms with Crippen LogP contribution in [-0.2, 0) is 11.3 Å². The number of piperidine rings is 1. The summed E-state index contributed by atoms with van der Waals surface area (Å²) in [6, 6.07) is 6.64. The highest BCUT2D eigenvalue weighted by Gasteiger charge is 2.55. The molecule has 0 spiro atoms. The molecule has 2 aromatic rings. The normalized spacial score (nSPS) is 22.7. The summed E-state index contributed by atoms with van der Waals surface area (Å²) in [7, 11) is 0. The third-order valence-electron chi connectivity index (χ3n) is 6.86. The Morgan fingerprint density at radius 2 is 1.94 bits per heavy atom. The Morgan fingerprint density at radius 1 is 1.18 bits per heavy atom. The number of nitrogens with zero attached hydrogens (tertiary/aromatic N) is 3. The molecular weight excluding hydrogens is 428 g/mol. The van der Waals surface area contributed by atoms with Gasteiger partial charge < -0.3 is 24.2 Å². The SMILES string of the molecule is CCC1(C2CCN(C(=O)c3cc(C)on3)CC2)NC(=O)N(Cc2ccc3c(c2)OCO3)C1=O. The fraction of sp³-hybridized carbons (Fsp3) is 0.478. The number of aromatic nitrogens is 1. The number of likely N-dealkylation sites (tertiary alicyclic amines) is 1. The van der Waals surface area contributed by atoms with Gasteiger partial charge in [-0.3, -0.25) is 14.5 Å². The van der Waals surface area contributed by atoms with E-state index in [0.29, 0.717) is 49.6 Å². The van der Waals surface area contributed by atoms with E-state index in [1.54, 1.807) is 30.0 Å². The predicted octanol–water partition coefficient (Wildman–Crippen LogP) is 2.46. The Hall–Kier alpha value is -3.56. The summed E-state index contributed by atoms with van der Waals surface area (Å²) in [6.45, 7) is 4.96. The monoisotopic (exact) mass is 454 g/mol. The minimum absolute atomic E-state index is 0.0659. The Balaban J connectivity index is 1.28.